The highest BCUT2D eigenvalue weighted by molar-refractivity contribution is 7.89. The number of halogens is 1. The fourth-order valence-corrected chi connectivity index (χ4v) is 4.98. The lowest BCUT2D eigenvalue weighted by Crippen LogP contribution is -2.40. The van der Waals surface area contributed by atoms with Gasteiger partial charge in [-0.2, -0.15) is 4.31 Å². The van der Waals surface area contributed by atoms with Gasteiger partial charge in [0.2, 0.25) is 15.9 Å². The van der Waals surface area contributed by atoms with Gasteiger partial charge in [-0.15, -0.1) is 0 Å². The van der Waals surface area contributed by atoms with Crippen molar-refractivity contribution in [2.24, 2.45) is 0 Å². The molecule has 3 aromatic rings. The Balaban J connectivity index is 1.44. The van der Waals surface area contributed by atoms with Gasteiger partial charge in [-0.3, -0.25) is 9.36 Å². The number of sulfonamides is 1. The molecule has 0 bridgehead atoms. The Morgan fingerprint density at radius 2 is 1.90 bits per heavy atom. The van der Waals surface area contributed by atoms with Crippen LogP contribution in [0.3, 0.4) is 0 Å². The summed E-state index contributed by atoms with van der Waals surface area (Å²) in [6, 6.07) is 10.9. The van der Waals surface area contributed by atoms with Crippen molar-refractivity contribution in [3.63, 3.8) is 0 Å². The molecule has 11 heteroatoms. The zero-order valence-electron chi connectivity index (χ0n) is 16.4. The van der Waals surface area contributed by atoms with Crippen molar-refractivity contribution < 1.29 is 22.4 Å². The monoisotopic (exact) mass is 465 g/mol. The number of rotatable bonds is 6. The number of carbonyl (C=O) groups is 1. The summed E-state index contributed by atoms with van der Waals surface area (Å²) in [4.78, 5) is 24.6. The molecule has 1 fully saturated rings. The summed E-state index contributed by atoms with van der Waals surface area (Å²) in [6.07, 6.45) is -0.00237. The molecular weight excluding hydrogens is 446 g/mol. The molecule has 0 atom stereocenters. The molecule has 0 unspecified atom stereocenters. The van der Waals surface area contributed by atoms with E-state index in [9.17, 15) is 18.0 Å². The number of nitrogens with zero attached hydrogens (tertiary/aromatic N) is 2. The Kier molecular flexibility index (Phi) is 6.15. The molecule has 164 valence electrons. The number of anilines is 1. The van der Waals surface area contributed by atoms with E-state index < -0.39 is 15.8 Å². The number of nitrogens with one attached hydrogen (secondary N) is 1. The lowest BCUT2D eigenvalue weighted by atomic mass is 10.3. The van der Waals surface area contributed by atoms with Crippen LogP contribution in [0.4, 0.5) is 5.69 Å². The van der Waals surface area contributed by atoms with E-state index in [2.05, 4.69) is 5.32 Å². The van der Waals surface area contributed by atoms with Crippen molar-refractivity contribution in [2.75, 3.05) is 31.6 Å². The normalized spacial score (nSPS) is 15.3. The average molecular weight is 466 g/mol. The minimum absolute atomic E-state index is 0.00237. The number of oxazole rings is 1. The van der Waals surface area contributed by atoms with Crippen LogP contribution >= 0.6 is 11.6 Å². The molecule has 1 saturated heterocycles. The van der Waals surface area contributed by atoms with Crippen LogP contribution in [-0.2, 0) is 26.1 Å². The number of benzene rings is 2. The SMILES string of the molecule is O=C(CCn1c(=O)oc2cc(Cl)ccc21)Nc1cccc(S(=O)(=O)N2CCOCC2)c1. The number of aromatic nitrogens is 1. The van der Waals surface area contributed by atoms with E-state index in [0.717, 1.165) is 0 Å². The number of amides is 1. The summed E-state index contributed by atoms with van der Waals surface area (Å²) >= 11 is 5.90. The van der Waals surface area contributed by atoms with Crippen LogP contribution in [0.5, 0.6) is 0 Å². The van der Waals surface area contributed by atoms with E-state index in [1.807, 2.05) is 0 Å². The molecule has 0 radical (unpaired) electrons. The first-order chi connectivity index (χ1) is 14.8. The third kappa shape index (κ3) is 4.67. The number of ether oxygens (including phenoxy) is 1. The van der Waals surface area contributed by atoms with Gasteiger partial charge in [-0.05, 0) is 30.3 Å². The molecule has 31 heavy (non-hydrogen) atoms. The number of hydrogen-bond donors (Lipinski definition) is 1. The van der Waals surface area contributed by atoms with Crippen molar-refractivity contribution in [3.8, 4) is 0 Å². The zero-order valence-corrected chi connectivity index (χ0v) is 18.0. The van der Waals surface area contributed by atoms with E-state index in [1.165, 1.54) is 27.1 Å². The second-order valence-corrected chi connectivity index (χ2v) is 9.35. The number of carbonyl (C=O) groups excluding carboxylic acids is 1. The summed E-state index contributed by atoms with van der Waals surface area (Å²) in [5.74, 6) is -0.945. The molecule has 0 aliphatic carbocycles. The Morgan fingerprint density at radius 1 is 1.13 bits per heavy atom. The second-order valence-electron chi connectivity index (χ2n) is 6.97. The van der Waals surface area contributed by atoms with Crippen molar-refractivity contribution >= 4 is 44.3 Å². The molecular formula is C20H20ClN3O6S. The molecule has 4 rings (SSSR count). The highest BCUT2D eigenvalue weighted by atomic mass is 35.5. The maximum absolute atomic E-state index is 12.8. The molecule has 2 heterocycles. The van der Waals surface area contributed by atoms with Gasteiger partial charge in [0.15, 0.2) is 5.58 Å². The molecule has 0 spiro atoms. The molecule has 1 N–H and O–H groups in total. The van der Waals surface area contributed by atoms with Gasteiger partial charge in [0.05, 0.1) is 23.6 Å². The van der Waals surface area contributed by atoms with Crippen LogP contribution in [-0.4, -0.2) is 49.5 Å². The van der Waals surface area contributed by atoms with Gasteiger partial charge < -0.3 is 14.5 Å². The third-order valence-corrected chi connectivity index (χ3v) is 7.05. The summed E-state index contributed by atoms with van der Waals surface area (Å²) < 4.78 is 38.7. The molecule has 1 aliphatic heterocycles. The minimum atomic E-state index is -3.67. The summed E-state index contributed by atoms with van der Waals surface area (Å²) in [6.45, 7) is 1.38. The molecule has 2 aromatic carbocycles. The fourth-order valence-electron chi connectivity index (χ4n) is 3.36. The van der Waals surface area contributed by atoms with Crippen molar-refractivity contribution in [2.45, 2.75) is 17.9 Å². The number of morpholine rings is 1. The van der Waals surface area contributed by atoms with E-state index in [4.69, 9.17) is 20.8 Å². The summed E-state index contributed by atoms with van der Waals surface area (Å²) in [5, 5.41) is 3.13. The summed E-state index contributed by atoms with van der Waals surface area (Å²) in [5.41, 5.74) is 1.25. The quantitative estimate of drug-likeness (QED) is 0.598. The highest BCUT2D eigenvalue weighted by Gasteiger charge is 2.26. The van der Waals surface area contributed by atoms with E-state index in [-0.39, 0.29) is 36.9 Å². The van der Waals surface area contributed by atoms with Crippen LogP contribution in [0, 0.1) is 0 Å². The predicted octanol–water partition coefficient (Wildman–Crippen LogP) is 2.30. The molecule has 1 aliphatic rings. The van der Waals surface area contributed by atoms with Crippen LogP contribution in [0.2, 0.25) is 5.02 Å². The maximum Gasteiger partial charge on any atom is 0.419 e. The van der Waals surface area contributed by atoms with E-state index >= 15 is 0 Å². The topological polar surface area (TPSA) is 111 Å². The smallest absolute Gasteiger partial charge is 0.408 e. The van der Waals surface area contributed by atoms with Gasteiger partial charge in [-0.1, -0.05) is 17.7 Å². The number of hydrogen-bond acceptors (Lipinski definition) is 6. The first kappa shape index (κ1) is 21.6. The number of fused-ring (bicyclic) bond motifs is 1. The first-order valence-corrected chi connectivity index (χ1v) is 11.4. The molecule has 1 aromatic heterocycles. The van der Waals surface area contributed by atoms with Crippen molar-refractivity contribution in [3.05, 3.63) is 58.0 Å². The van der Waals surface area contributed by atoms with Crippen molar-refractivity contribution in [1.29, 1.82) is 0 Å². The van der Waals surface area contributed by atoms with E-state index in [1.54, 1.807) is 24.3 Å². The minimum Gasteiger partial charge on any atom is -0.408 e. The predicted molar refractivity (Wildman–Crippen MR) is 115 cm³/mol. The fraction of sp³-hybridized carbons (Fsp3) is 0.300. The number of aryl methyl sites for hydroxylation is 1. The van der Waals surface area contributed by atoms with Crippen LogP contribution < -0.4 is 11.1 Å². The molecule has 9 nitrogen and oxygen atoms in total. The Hall–Kier alpha value is -2.66. The Labute approximate surface area is 183 Å². The Bertz CT molecular complexity index is 1280. The highest BCUT2D eigenvalue weighted by Crippen LogP contribution is 2.21. The molecule has 0 saturated carbocycles. The van der Waals surface area contributed by atoms with E-state index in [0.29, 0.717) is 35.0 Å². The Morgan fingerprint density at radius 3 is 2.68 bits per heavy atom. The van der Waals surface area contributed by atoms with Gasteiger partial charge >= 0.3 is 5.76 Å². The van der Waals surface area contributed by atoms with Crippen molar-refractivity contribution in [1.82, 2.24) is 8.87 Å². The standard InChI is InChI=1S/C20H20ClN3O6S/c21-14-4-5-17-18(12-14)30-20(26)24(17)7-6-19(25)22-15-2-1-3-16(13-15)31(27,28)23-8-10-29-11-9-23/h1-5,12-13H,6-11H2,(H,22,25). The maximum atomic E-state index is 12.8. The lowest BCUT2D eigenvalue weighted by Gasteiger charge is -2.26. The first-order valence-electron chi connectivity index (χ1n) is 9.61. The largest absolute Gasteiger partial charge is 0.419 e. The van der Waals surface area contributed by atoms with Crippen LogP contribution in [0.25, 0.3) is 11.1 Å². The molecule has 1 amide bonds. The van der Waals surface area contributed by atoms with Crippen LogP contribution in [0.15, 0.2) is 56.6 Å². The summed E-state index contributed by atoms with van der Waals surface area (Å²) in [7, 11) is -3.67. The zero-order chi connectivity index (χ0) is 22.0. The lowest BCUT2D eigenvalue weighted by molar-refractivity contribution is -0.116. The third-order valence-electron chi connectivity index (χ3n) is 4.92. The van der Waals surface area contributed by atoms with Gasteiger partial charge in [0.25, 0.3) is 0 Å². The average Bonchev–Trinajstić information content (AvgIpc) is 3.07. The van der Waals surface area contributed by atoms with Crippen LogP contribution in [0.1, 0.15) is 6.42 Å². The van der Waals surface area contributed by atoms with Gasteiger partial charge in [-0.25, -0.2) is 13.2 Å². The second kappa shape index (κ2) is 8.83. The van der Waals surface area contributed by atoms with Gasteiger partial charge in [0.1, 0.15) is 0 Å². The van der Waals surface area contributed by atoms with Gasteiger partial charge in [0, 0.05) is 42.8 Å².